The van der Waals surface area contributed by atoms with E-state index in [0.29, 0.717) is 34.2 Å². The van der Waals surface area contributed by atoms with Crippen molar-refractivity contribution in [1.82, 2.24) is 13.9 Å². The molecule has 0 amide bonds. The van der Waals surface area contributed by atoms with E-state index in [-0.39, 0.29) is 12.3 Å². The summed E-state index contributed by atoms with van der Waals surface area (Å²) in [7, 11) is 0. The van der Waals surface area contributed by atoms with Crippen LogP contribution >= 0.6 is 11.5 Å². The molecule has 2 atom stereocenters. The highest BCUT2D eigenvalue weighted by molar-refractivity contribution is 7.10. The number of fused-ring (bicyclic) bond motifs is 1. The van der Waals surface area contributed by atoms with Crippen LogP contribution in [0.2, 0.25) is 0 Å². The number of hydrogen-bond donors (Lipinski definition) is 0. The maximum Gasteiger partial charge on any atom is 0.214 e. The second kappa shape index (κ2) is 7.27. The zero-order valence-electron chi connectivity index (χ0n) is 14.7. The molecule has 1 aliphatic rings. The Labute approximate surface area is 163 Å². The van der Waals surface area contributed by atoms with Crippen LogP contribution in [0.25, 0.3) is 11.0 Å². The average molecular weight is 391 g/mol. The Morgan fingerprint density at radius 2 is 2.25 bits per heavy atom. The number of aryl methyl sites for hydroxylation is 1. The fraction of sp³-hybridized carbons (Fsp3) is 0.278. The van der Waals surface area contributed by atoms with E-state index in [1.165, 1.54) is 0 Å². The first-order valence-electron chi connectivity index (χ1n) is 8.38. The highest BCUT2D eigenvalue weighted by Gasteiger charge is 2.32. The number of imidazole rings is 1. The summed E-state index contributed by atoms with van der Waals surface area (Å²) in [4.78, 5) is 16.8. The number of azo groups is 1. The monoisotopic (exact) mass is 391 g/mol. The number of nitrogens with zero attached hydrogens (tertiary/aromatic N) is 7. The first-order valence-corrected chi connectivity index (χ1v) is 9.16. The minimum atomic E-state index is -1.03. The molecule has 0 bridgehead atoms. The molecule has 0 saturated carbocycles. The van der Waals surface area contributed by atoms with Gasteiger partial charge in [-0.3, -0.25) is 4.79 Å². The number of carbonyl (C=O) groups excluding carboxylic acids is 1. The third kappa shape index (κ3) is 3.27. The van der Waals surface area contributed by atoms with Crippen LogP contribution in [-0.4, -0.2) is 32.4 Å². The number of carbonyl (C=O) groups is 1. The standard InChI is InChI=1S/C18H13N7O2S/c1-10-11(6-19)18(28-24-10)23-22-13(7-20)17-21-12-4-2-3-5-14(12)25(17)8-15(26)16-9-27-16/h2-5,13,16H,8-9H2,1H3. The lowest BCUT2D eigenvalue weighted by Gasteiger charge is -2.08. The lowest BCUT2D eigenvalue weighted by molar-refractivity contribution is -0.120. The van der Waals surface area contributed by atoms with Crippen LogP contribution in [0.1, 0.15) is 23.1 Å². The number of epoxide rings is 1. The van der Waals surface area contributed by atoms with Crippen molar-refractivity contribution in [2.75, 3.05) is 6.61 Å². The summed E-state index contributed by atoms with van der Waals surface area (Å²) in [6.07, 6.45) is -0.394. The summed E-state index contributed by atoms with van der Waals surface area (Å²) in [6, 6.07) is 10.4. The van der Waals surface area contributed by atoms with Crippen molar-refractivity contribution in [3.8, 4) is 12.1 Å². The van der Waals surface area contributed by atoms with Crippen LogP contribution in [0, 0.1) is 29.6 Å². The van der Waals surface area contributed by atoms with E-state index in [2.05, 4.69) is 25.7 Å². The molecule has 1 saturated heterocycles. The molecule has 0 radical (unpaired) electrons. The van der Waals surface area contributed by atoms with Crippen LogP contribution in [0.3, 0.4) is 0 Å². The molecule has 9 nitrogen and oxygen atoms in total. The van der Waals surface area contributed by atoms with Gasteiger partial charge in [0.2, 0.25) is 6.04 Å². The molecule has 0 N–H and O–H groups in total. The lowest BCUT2D eigenvalue weighted by atomic mass is 10.2. The molecule has 0 spiro atoms. The average Bonchev–Trinajstić information content (AvgIpc) is 3.42. The molecule has 28 heavy (non-hydrogen) atoms. The number of ketones is 1. The molecule has 1 aromatic carbocycles. The summed E-state index contributed by atoms with van der Waals surface area (Å²) < 4.78 is 10.8. The minimum absolute atomic E-state index is 0.0390. The fourth-order valence-corrected chi connectivity index (χ4v) is 3.44. The summed E-state index contributed by atoms with van der Waals surface area (Å²) in [5.74, 6) is 0.240. The molecule has 3 aromatic rings. The lowest BCUT2D eigenvalue weighted by Crippen LogP contribution is -2.18. The topological polar surface area (TPSA) is 133 Å². The highest BCUT2D eigenvalue weighted by Crippen LogP contribution is 2.30. The van der Waals surface area contributed by atoms with Gasteiger partial charge in [-0.05, 0) is 30.6 Å². The van der Waals surface area contributed by atoms with Gasteiger partial charge in [0.1, 0.15) is 17.7 Å². The SMILES string of the molecule is Cc1nsc(N=NC(C#N)c2nc3ccccc3n2CC(=O)C2CO2)c1C#N. The zero-order valence-corrected chi connectivity index (χ0v) is 15.6. The van der Waals surface area contributed by atoms with Gasteiger partial charge in [-0.15, -0.1) is 5.11 Å². The molecule has 1 fully saturated rings. The second-order valence-electron chi connectivity index (χ2n) is 6.14. The number of ether oxygens (including phenoxy) is 1. The molecular formula is C18H13N7O2S. The van der Waals surface area contributed by atoms with Gasteiger partial charge >= 0.3 is 0 Å². The minimum Gasteiger partial charge on any atom is -0.365 e. The first-order chi connectivity index (χ1) is 13.6. The number of rotatable bonds is 6. The van der Waals surface area contributed by atoms with Gasteiger partial charge in [-0.1, -0.05) is 12.1 Å². The predicted octanol–water partition coefficient (Wildman–Crippen LogP) is 2.99. The van der Waals surface area contributed by atoms with Crippen LogP contribution in [0.15, 0.2) is 34.5 Å². The Hall–Kier alpha value is -3.47. The van der Waals surface area contributed by atoms with Crippen molar-refractivity contribution in [3.63, 3.8) is 0 Å². The number of Topliss-reactive ketones (excluding diaryl/α,β-unsaturated/α-hetero) is 1. The number of aromatic nitrogens is 3. The Kier molecular flexibility index (Phi) is 4.65. The number of para-hydroxylation sites is 2. The molecular weight excluding hydrogens is 378 g/mol. The van der Waals surface area contributed by atoms with Gasteiger partial charge in [0, 0.05) is 0 Å². The summed E-state index contributed by atoms with van der Waals surface area (Å²) in [6.45, 7) is 2.17. The summed E-state index contributed by atoms with van der Waals surface area (Å²) >= 11 is 1.04. The number of benzene rings is 1. The Balaban J connectivity index is 1.73. The molecule has 2 aromatic heterocycles. The molecule has 3 heterocycles. The zero-order chi connectivity index (χ0) is 19.7. The van der Waals surface area contributed by atoms with E-state index in [1.54, 1.807) is 17.6 Å². The van der Waals surface area contributed by atoms with Crippen molar-refractivity contribution in [2.24, 2.45) is 10.2 Å². The smallest absolute Gasteiger partial charge is 0.214 e. The molecule has 2 unspecified atom stereocenters. The van der Waals surface area contributed by atoms with Crippen molar-refractivity contribution < 1.29 is 9.53 Å². The van der Waals surface area contributed by atoms with Crippen LogP contribution in [-0.2, 0) is 16.1 Å². The largest absolute Gasteiger partial charge is 0.365 e. The summed E-state index contributed by atoms with van der Waals surface area (Å²) in [5, 5.41) is 27.3. The molecule has 10 heteroatoms. The van der Waals surface area contributed by atoms with E-state index in [0.717, 1.165) is 17.0 Å². The van der Waals surface area contributed by atoms with Gasteiger partial charge in [0.25, 0.3) is 0 Å². The molecule has 4 rings (SSSR count). The van der Waals surface area contributed by atoms with E-state index in [1.807, 2.05) is 24.3 Å². The van der Waals surface area contributed by atoms with Gasteiger partial charge in [0.15, 0.2) is 16.6 Å². The van der Waals surface area contributed by atoms with Crippen molar-refractivity contribution in [3.05, 3.63) is 41.3 Å². The predicted molar refractivity (Wildman–Crippen MR) is 98.9 cm³/mol. The quantitative estimate of drug-likeness (QED) is 0.468. The van der Waals surface area contributed by atoms with Crippen LogP contribution in [0.5, 0.6) is 0 Å². The van der Waals surface area contributed by atoms with Gasteiger partial charge in [-0.25, -0.2) is 4.98 Å². The highest BCUT2D eigenvalue weighted by atomic mass is 32.1. The number of hydrogen-bond acceptors (Lipinski definition) is 9. The molecule has 138 valence electrons. The maximum atomic E-state index is 12.3. The van der Waals surface area contributed by atoms with E-state index < -0.39 is 12.1 Å². The normalized spacial score (nSPS) is 16.8. The third-order valence-corrected chi connectivity index (χ3v) is 5.10. The number of nitriles is 2. The van der Waals surface area contributed by atoms with Crippen LogP contribution in [0.4, 0.5) is 5.00 Å². The molecule has 1 aliphatic heterocycles. The first kappa shape index (κ1) is 17.9. The van der Waals surface area contributed by atoms with Crippen molar-refractivity contribution in [2.45, 2.75) is 25.6 Å². The third-order valence-electron chi connectivity index (χ3n) is 4.28. The Morgan fingerprint density at radius 1 is 1.46 bits per heavy atom. The van der Waals surface area contributed by atoms with E-state index in [4.69, 9.17) is 4.74 Å². The Morgan fingerprint density at radius 3 is 2.96 bits per heavy atom. The second-order valence-corrected chi connectivity index (χ2v) is 6.89. The van der Waals surface area contributed by atoms with Crippen molar-refractivity contribution in [1.29, 1.82) is 10.5 Å². The Bertz CT molecular complexity index is 1180. The van der Waals surface area contributed by atoms with Gasteiger partial charge < -0.3 is 9.30 Å². The van der Waals surface area contributed by atoms with Crippen molar-refractivity contribution >= 4 is 33.4 Å². The summed E-state index contributed by atoms with van der Waals surface area (Å²) in [5.41, 5.74) is 2.29. The maximum absolute atomic E-state index is 12.3. The molecule has 0 aliphatic carbocycles. The van der Waals surface area contributed by atoms with Crippen LogP contribution < -0.4 is 0 Å². The van der Waals surface area contributed by atoms with E-state index in [9.17, 15) is 15.3 Å². The van der Waals surface area contributed by atoms with E-state index >= 15 is 0 Å². The van der Waals surface area contributed by atoms with Gasteiger partial charge in [-0.2, -0.15) is 20.0 Å². The fourth-order valence-electron chi connectivity index (χ4n) is 2.76. The van der Waals surface area contributed by atoms with Gasteiger partial charge in [0.05, 0.1) is 35.9 Å².